The molecule has 5 nitrogen and oxygen atoms in total. The molecule has 0 aromatic heterocycles. The number of hydrogen-bond donors (Lipinski definition) is 3. The van der Waals surface area contributed by atoms with Gasteiger partial charge in [-0.25, -0.2) is 0 Å². The van der Waals surface area contributed by atoms with Gasteiger partial charge in [0.15, 0.2) is 0 Å². The Morgan fingerprint density at radius 3 is 3.06 bits per heavy atom. The van der Waals surface area contributed by atoms with E-state index in [1.807, 2.05) is 0 Å². The van der Waals surface area contributed by atoms with E-state index in [0.29, 0.717) is 25.7 Å². The van der Waals surface area contributed by atoms with Crippen LogP contribution in [0, 0.1) is 5.92 Å². The van der Waals surface area contributed by atoms with Gasteiger partial charge in [-0.15, -0.1) is 0 Å². The third-order valence-corrected chi connectivity index (χ3v) is 3.05. The van der Waals surface area contributed by atoms with E-state index in [1.54, 1.807) is 0 Å². The van der Waals surface area contributed by atoms with E-state index < -0.39 is 0 Å². The molecule has 1 rings (SSSR count). The zero-order chi connectivity index (χ0) is 12.5. The zero-order valence-corrected chi connectivity index (χ0v) is 10.6. The lowest BCUT2D eigenvalue weighted by Gasteiger charge is -2.28. The standard InChI is InChI=1S/C12H24N2O3/c1-10-4-2-5-13-11(10)12(16)14-6-3-8-17-9-7-15/h10-11,13,15H,2-9H2,1H3,(H,14,16). The third-order valence-electron chi connectivity index (χ3n) is 3.05. The number of piperidine rings is 1. The fraction of sp³-hybridized carbons (Fsp3) is 0.917. The highest BCUT2D eigenvalue weighted by atomic mass is 16.5. The summed E-state index contributed by atoms with van der Waals surface area (Å²) < 4.78 is 5.11. The molecule has 1 heterocycles. The maximum absolute atomic E-state index is 11.8. The van der Waals surface area contributed by atoms with Crippen molar-refractivity contribution in [3.63, 3.8) is 0 Å². The Kier molecular flexibility index (Phi) is 7.16. The van der Waals surface area contributed by atoms with Gasteiger partial charge in [-0.2, -0.15) is 0 Å². The van der Waals surface area contributed by atoms with E-state index >= 15 is 0 Å². The first kappa shape index (κ1) is 14.4. The lowest BCUT2D eigenvalue weighted by atomic mass is 9.92. The summed E-state index contributed by atoms with van der Waals surface area (Å²) in [5.74, 6) is 0.508. The van der Waals surface area contributed by atoms with Gasteiger partial charge >= 0.3 is 0 Å². The average Bonchev–Trinajstić information content (AvgIpc) is 2.34. The number of carbonyl (C=O) groups excluding carboxylic acids is 1. The molecule has 1 saturated heterocycles. The van der Waals surface area contributed by atoms with Crippen molar-refractivity contribution in [3.05, 3.63) is 0 Å². The average molecular weight is 244 g/mol. The summed E-state index contributed by atoms with van der Waals surface area (Å²) in [5, 5.41) is 14.7. The number of rotatable bonds is 7. The van der Waals surface area contributed by atoms with Crippen LogP contribution in [-0.4, -0.2) is 50.0 Å². The third kappa shape index (κ3) is 5.48. The number of aliphatic hydroxyl groups is 1. The number of carbonyl (C=O) groups is 1. The van der Waals surface area contributed by atoms with Crippen LogP contribution >= 0.6 is 0 Å². The molecule has 0 saturated carbocycles. The molecule has 0 aliphatic carbocycles. The molecule has 0 bridgehead atoms. The Bertz CT molecular complexity index is 224. The van der Waals surface area contributed by atoms with Gasteiger partial charge in [0.2, 0.25) is 5.91 Å². The van der Waals surface area contributed by atoms with Crippen LogP contribution in [0.4, 0.5) is 0 Å². The topological polar surface area (TPSA) is 70.6 Å². The highest BCUT2D eigenvalue weighted by Crippen LogP contribution is 2.15. The fourth-order valence-electron chi connectivity index (χ4n) is 2.06. The molecule has 2 atom stereocenters. The summed E-state index contributed by atoms with van der Waals surface area (Å²) in [4.78, 5) is 11.8. The smallest absolute Gasteiger partial charge is 0.237 e. The van der Waals surface area contributed by atoms with Gasteiger partial charge in [0.1, 0.15) is 0 Å². The van der Waals surface area contributed by atoms with Crippen molar-refractivity contribution in [1.29, 1.82) is 0 Å². The molecule has 0 aromatic rings. The van der Waals surface area contributed by atoms with E-state index in [9.17, 15) is 4.79 Å². The summed E-state index contributed by atoms with van der Waals surface area (Å²) in [6.45, 7) is 4.68. The van der Waals surface area contributed by atoms with Crippen molar-refractivity contribution < 1.29 is 14.6 Å². The van der Waals surface area contributed by atoms with Gasteiger partial charge in [-0.1, -0.05) is 6.92 Å². The number of nitrogens with one attached hydrogen (secondary N) is 2. The summed E-state index contributed by atoms with van der Waals surface area (Å²) in [7, 11) is 0. The van der Waals surface area contributed by atoms with Crippen LogP contribution in [0.2, 0.25) is 0 Å². The van der Waals surface area contributed by atoms with Crippen molar-refractivity contribution in [1.82, 2.24) is 10.6 Å². The molecule has 3 N–H and O–H groups in total. The summed E-state index contributed by atoms with van der Waals surface area (Å²) in [6.07, 6.45) is 3.05. The summed E-state index contributed by atoms with van der Waals surface area (Å²) in [6, 6.07) is -0.0397. The molecule has 5 heteroatoms. The van der Waals surface area contributed by atoms with Crippen LogP contribution in [0.25, 0.3) is 0 Å². The highest BCUT2D eigenvalue weighted by Gasteiger charge is 2.26. The van der Waals surface area contributed by atoms with E-state index in [1.165, 1.54) is 0 Å². The molecule has 1 aliphatic heterocycles. The van der Waals surface area contributed by atoms with Crippen LogP contribution in [0.15, 0.2) is 0 Å². The van der Waals surface area contributed by atoms with Gasteiger partial charge in [0.25, 0.3) is 0 Å². The molecule has 0 spiro atoms. The molecule has 100 valence electrons. The molecular weight excluding hydrogens is 220 g/mol. The maximum Gasteiger partial charge on any atom is 0.237 e. The Balaban J connectivity index is 2.07. The number of amides is 1. The Morgan fingerprint density at radius 1 is 1.53 bits per heavy atom. The molecule has 2 unspecified atom stereocenters. The normalized spacial score (nSPS) is 24.6. The molecule has 1 fully saturated rings. The second-order valence-electron chi connectivity index (χ2n) is 4.53. The molecular formula is C12H24N2O3. The van der Waals surface area contributed by atoms with Crippen LogP contribution in [0.1, 0.15) is 26.2 Å². The molecule has 0 radical (unpaired) electrons. The summed E-state index contributed by atoms with van der Waals surface area (Å²) in [5.41, 5.74) is 0. The highest BCUT2D eigenvalue weighted by molar-refractivity contribution is 5.82. The second kappa shape index (κ2) is 8.44. The van der Waals surface area contributed by atoms with E-state index in [4.69, 9.17) is 9.84 Å². The predicted molar refractivity (Wildman–Crippen MR) is 65.7 cm³/mol. The molecule has 0 aromatic carbocycles. The van der Waals surface area contributed by atoms with Crippen LogP contribution < -0.4 is 10.6 Å². The lowest BCUT2D eigenvalue weighted by Crippen LogP contribution is -2.51. The van der Waals surface area contributed by atoms with Crippen molar-refractivity contribution in [2.24, 2.45) is 5.92 Å². The van der Waals surface area contributed by atoms with Crippen LogP contribution in [-0.2, 0) is 9.53 Å². The number of ether oxygens (including phenoxy) is 1. The van der Waals surface area contributed by atoms with Crippen molar-refractivity contribution in [2.75, 3.05) is 32.9 Å². The van der Waals surface area contributed by atoms with E-state index in [2.05, 4.69) is 17.6 Å². The maximum atomic E-state index is 11.8. The van der Waals surface area contributed by atoms with Crippen molar-refractivity contribution in [2.45, 2.75) is 32.2 Å². The quantitative estimate of drug-likeness (QED) is 0.547. The SMILES string of the molecule is CC1CCCNC1C(=O)NCCCOCCO. The van der Waals surface area contributed by atoms with Gasteiger partial charge in [-0.05, 0) is 31.7 Å². The minimum absolute atomic E-state index is 0.0397. The minimum Gasteiger partial charge on any atom is -0.394 e. The van der Waals surface area contributed by atoms with Crippen molar-refractivity contribution in [3.8, 4) is 0 Å². The first-order chi connectivity index (χ1) is 8.25. The van der Waals surface area contributed by atoms with Crippen LogP contribution in [0.3, 0.4) is 0 Å². The van der Waals surface area contributed by atoms with Gasteiger partial charge in [0, 0.05) is 13.2 Å². The molecule has 1 aliphatic rings. The van der Waals surface area contributed by atoms with Gasteiger partial charge in [0.05, 0.1) is 19.3 Å². The lowest BCUT2D eigenvalue weighted by molar-refractivity contribution is -0.124. The molecule has 1 amide bonds. The first-order valence-electron chi connectivity index (χ1n) is 6.45. The summed E-state index contributed by atoms with van der Waals surface area (Å²) >= 11 is 0. The monoisotopic (exact) mass is 244 g/mol. The Hall–Kier alpha value is -0.650. The molecule has 17 heavy (non-hydrogen) atoms. The van der Waals surface area contributed by atoms with Crippen LogP contribution in [0.5, 0.6) is 0 Å². The number of hydrogen-bond acceptors (Lipinski definition) is 4. The Morgan fingerprint density at radius 2 is 2.35 bits per heavy atom. The minimum atomic E-state index is -0.0397. The number of aliphatic hydroxyl groups excluding tert-OH is 1. The van der Waals surface area contributed by atoms with Gasteiger partial charge in [-0.3, -0.25) is 4.79 Å². The largest absolute Gasteiger partial charge is 0.394 e. The van der Waals surface area contributed by atoms with Gasteiger partial charge < -0.3 is 20.5 Å². The second-order valence-corrected chi connectivity index (χ2v) is 4.53. The Labute approximate surface area is 103 Å². The first-order valence-corrected chi connectivity index (χ1v) is 6.45. The van der Waals surface area contributed by atoms with E-state index in [0.717, 1.165) is 25.8 Å². The predicted octanol–water partition coefficient (Wildman–Crippen LogP) is -0.110. The fourth-order valence-corrected chi connectivity index (χ4v) is 2.06. The zero-order valence-electron chi connectivity index (χ0n) is 10.6. The van der Waals surface area contributed by atoms with E-state index in [-0.39, 0.29) is 18.6 Å². The van der Waals surface area contributed by atoms with Crippen molar-refractivity contribution >= 4 is 5.91 Å².